The Bertz CT molecular complexity index is 1000. The zero-order chi connectivity index (χ0) is 19.6. The summed E-state index contributed by atoms with van der Waals surface area (Å²) in [6.07, 6.45) is 4.53. The van der Waals surface area contributed by atoms with Crippen LogP contribution in [-0.4, -0.2) is 34.6 Å². The Morgan fingerprint density at radius 3 is 2.21 bits per heavy atom. The van der Waals surface area contributed by atoms with Gasteiger partial charge in [0.1, 0.15) is 11.0 Å². The Labute approximate surface area is 166 Å². The molecule has 2 aromatic rings. The highest BCUT2D eigenvalue weighted by Crippen LogP contribution is 2.35. The number of hydrogen-bond donors (Lipinski definition) is 1. The van der Waals surface area contributed by atoms with Gasteiger partial charge in [-0.1, -0.05) is 12.1 Å². The Balaban J connectivity index is 1.73. The summed E-state index contributed by atoms with van der Waals surface area (Å²) >= 11 is 0. The van der Waals surface area contributed by atoms with E-state index in [2.05, 4.69) is 20.6 Å². The van der Waals surface area contributed by atoms with E-state index in [-0.39, 0.29) is 10.5 Å². The first-order chi connectivity index (χ1) is 13.6. The molecule has 0 amide bonds. The van der Waals surface area contributed by atoms with Crippen LogP contribution in [0.4, 0.5) is 17.1 Å². The molecule has 2 aliphatic heterocycles. The van der Waals surface area contributed by atoms with Crippen molar-refractivity contribution in [3.63, 3.8) is 0 Å². The molecule has 1 N–H and O–H groups in total. The Kier molecular flexibility index (Phi) is 5.14. The lowest BCUT2D eigenvalue weighted by Gasteiger charge is -2.25. The van der Waals surface area contributed by atoms with Crippen LogP contribution in [0.25, 0.3) is 0 Å². The predicted molar refractivity (Wildman–Crippen MR) is 111 cm³/mol. The molecule has 2 aromatic carbocycles. The number of nitrogens with one attached hydrogen (secondary N) is 1. The van der Waals surface area contributed by atoms with Gasteiger partial charge in [0, 0.05) is 31.9 Å². The average Bonchev–Trinajstić information content (AvgIpc) is 3.41. The Hall–Kier alpha value is -2.72. The number of nitriles is 1. The minimum Gasteiger partial charge on any atom is -0.371 e. The fourth-order valence-electron chi connectivity index (χ4n) is 4.00. The lowest BCUT2D eigenvalue weighted by Crippen LogP contribution is -2.23. The number of anilines is 3. The van der Waals surface area contributed by atoms with E-state index in [9.17, 15) is 13.7 Å². The molecule has 0 spiro atoms. The number of rotatable bonds is 5. The molecule has 146 valence electrons. The first-order valence-electron chi connectivity index (χ1n) is 9.74. The van der Waals surface area contributed by atoms with E-state index in [1.807, 2.05) is 18.2 Å². The molecule has 4 rings (SSSR count). The van der Waals surface area contributed by atoms with Crippen LogP contribution in [0, 0.1) is 11.3 Å². The van der Waals surface area contributed by atoms with Crippen molar-refractivity contribution in [2.45, 2.75) is 30.6 Å². The van der Waals surface area contributed by atoms with E-state index in [4.69, 9.17) is 0 Å². The summed E-state index contributed by atoms with van der Waals surface area (Å²) in [5.74, 6) is 0. The summed E-state index contributed by atoms with van der Waals surface area (Å²) in [5.41, 5.74) is 2.66. The van der Waals surface area contributed by atoms with Crippen LogP contribution >= 0.6 is 0 Å². The third kappa shape index (κ3) is 3.65. The molecule has 2 fully saturated rings. The van der Waals surface area contributed by atoms with Gasteiger partial charge in [0.15, 0.2) is 0 Å². The highest BCUT2D eigenvalue weighted by Gasteiger charge is 2.24. The van der Waals surface area contributed by atoms with E-state index >= 15 is 0 Å². The highest BCUT2D eigenvalue weighted by molar-refractivity contribution is 7.92. The molecular weight excluding hydrogens is 372 g/mol. The molecule has 0 unspecified atom stereocenters. The maximum atomic E-state index is 13.1. The van der Waals surface area contributed by atoms with Crippen LogP contribution < -0.4 is 14.5 Å². The van der Waals surface area contributed by atoms with Gasteiger partial charge < -0.3 is 9.80 Å². The number of hydrogen-bond acceptors (Lipinski definition) is 5. The summed E-state index contributed by atoms with van der Waals surface area (Å²) in [7, 11) is -3.87. The molecule has 0 aliphatic carbocycles. The largest absolute Gasteiger partial charge is 0.371 e. The Morgan fingerprint density at radius 2 is 1.54 bits per heavy atom. The second-order valence-corrected chi connectivity index (χ2v) is 8.95. The fraction of sp³-hybridized carbons (Fsp3) is 0.381. The van der Waals surface area contributed by atoms with Gasteiger partial charge in [-0.25, -0.2) is 8.42 Å². The zero-order valence-corrected chi connectivity index (χ0v) is 16.6. The maximum absolute atomic E-state index is 13.1. The number of nitrogens with zero attached hydrogens (tertiary/aromatic N) is 3. The summed E-state index contributed by atoms with van der Waals surface area (Å²) in [5, 5.41) is 9.31. The highest BCUT2D eigenvalue weighted by atomic mass is 32.2. The van der Waals surface area contributed by atoms with Gasteiger partial charge >= 0.3 is 0 Å². The first-order valence-corrected chi connectivity index (χ1v) is 11.2. The van der Waals surface area contributed by atoms with Gasteiger partial charge in [0.25, 0.3) is 10.0 Å². The zero-order valence-electron chi connectivity index (χ0n) is 15.8. The molecular formula is C21H24N4O2S. The van der Waals surface area contributed by atoms with Crippen LogP contribution in [0.2, 0.25) is 0 Å². The van der Waals surface area contributed by atoms with E-state index < -0.39 is 10.0 Å². The fourth-order valence-corrected chi connectivity index (χ4v) is 5.23. The molecule has 2 aliphatic rings. The van der Waals surface area contributed by atoms with E-state index in [0.29, 0.717) is 5.69 Å². The van der Waals surface area contributed by atoms with Crippen molar-refractivity contribution >= 4 is 27.1 Å². The van der Waals surface area contributed by atoms with E-state index in [1.54, 1.807) is 12.1 Å². The van der Waals surface area contributed by atoms with Gasteiger partial charge in [-0.15, -0.1) is 0 Å². The molecule has 0 radical (unpaired) electrons. The summed E-state index contributed by atoms with van der Waals surface area (Å²) in [6, 6.07) is 14.3. The molecule has 0 saturated carbocycles. The van der Waals surface area contributed by atoms with Crippen LogP contribution in [0.3, 0.4) is 0 Å². The molecule has 0 bridgehead atoms. The molecule has 2 saturated heterocycles. The van der Waals surface area contributed by atoms with Gasteiger partial charge in [0.05, 0.1) is 16.9 Å². The SMILES string of the molecule is N#Cc1ccccc1S(=O)(=O)Nc1cc(N2CCCC2)ccc1N1CCCC1. The van der Waals surface area contributed by atoms with Gasteiger partial charge in [0.2, 0.25) is 0 Å². The first kappa shape index (κ1) is 18.6. The molecule has 28 heavy (non-hydrogen) atoms. The summed E-state index contributed by atoms with van der Waals surface area (Å²) in [6.45, 7) is 3.83. The second-order valence-electron chi connectivity index (χ2n) is 7.30. The van der Waals surface area contributed by atoms with Crippen LogP contribution in [-0.2, 0) is 10.0 Å². The third-order valence-corrected chi connectivity index (χ3v) is 6.86. The summed E-state index contributed by atoms with van der Waals surface area (Å²) < 4.78 is 28.9. The van der Waals surface area contributed by atoms with Gasteiger partial charge in [-0.2, -0.15) is 5.26 Å². The minimum absolute atomic E-state index is 0.0106. The van der Waals surface area contributed by atoms with Crippen molar-refractivity contribution in [2.75, 3.05) is 40.7 Å². The molecule has 0 aromatic heterocycles. The monoisotopic (exact) mass is 396 g/mol. The third-order valence-electron chi connectivity index (χ3n) is 5.44. The normalized spacial score (nSPS) is 17.0. The van der Waals surface area contributed by atoms with Gasteiger partial charge in [-0.3, -0.25) is 4.72 Å². The molecule has 7 heteroatoms. The van der Waals surface area contributed by atoms with E-state index in [1.165, 1.54) is 12.1 Å². The minimum atomic E-state index is -3.87. The topological polar surface area (TPSA) is 76.4 Å². The van der Waals surface area contributed by atoms with Crippen LogP contribution in [0.5, 0.6) is 0 Å². The van der Waals surface area contributed by atoms with Crippen molar-refractivity contribution in [3.8, 4) is 6.07 Å². The van der Waals surface area contributed by atoms with Crippen LogP contribution in [0.15, 0.2) is 47.4 Å². The molecule has 6 nitrogen and oxygen atoms in total. The smallest absolute Gasteiger partial charge is 0.263 e. The number of sulfonamides is 1. The van der Waals surface area contributed by atoms with Crippen molar-refractivity contribution in [3.05, 3.63) is 48.0 Å². The van der Waals surface area contributed by atoms with Crippen molar-refractivity contribution in [1.29, 1.82) is 5.26 Å². The quantitative estimate of drug-likeness (QED) is 0.836. The standard InChI is InChI=1S/C21H24N4O2S/c22-16-17-7-1-2-8-21(17)28(26,27)23-19-15-18(24-11-3-4-12-24)9-10-20(19)25-13-5-6-14-25/h1-2,7-10,15,23H,3-6,11-14H2. The molecule has 0 atom stereocenters. The summed E-state index contributed by atoms with van der Waals surface area (Å²) in [4.78, 5) is 4.52. The maximum Gasteiger partial charge on any atom is 0.263 e. The van der Waals surface area contributed by atoms with Crippen molar-refractivity contribution in [1.82, 2.24) is 0 Å². The predicted octanol–water partition coefficient (Wildman–Crippen LogP) is 3.56. The van der Waals surface area contributed by atoms with Gasteiger partial charge in [-0.05, 0) is 56.0 Å². The lowest BCUT2D eigenvalue weighted by molar-refractivity contribution is 0.601. The lowest BCUT2D eigenvalue weighted by atomic mass is 10.2. The Morgan fingerprint density at radius 1 is 0.893 bits per heavy atom. The van der Waals surface area contributed by atoms with Crippen molar-refractivity contribution < 1.29 is 8.42 Å². The van der Waals surface area contributed by atoms with E-state index in [0.717, 1.165) is 63.2 Å². The number of benzene rings is 2. The van der Waals surface area contributed by atoms with Crippen LogP contribution in [0.1, 0.15) is 31.2 Å². The second kappa shape index (κ2) is 7.72. The average molecular weight is 397 g/mol. The molecule has 2 heterocycles. The van der Waals surface area contributed by atoms with Crippen molar-refractivity contribution in [2.24, 2.45) is 0 Å².